The Morgan fingerprint density at radius 2 is 1.49 bits per heavy atom. The predicted molar refractivity (Wildman–Crippen MR) is 197 cm³/mol. The Morgan fingerprint density at radius 3 is 2.06 bits per heavy atom. The molecule has 0 N–H and O–H groups in total. The number of hydrogen-bond donors (Lipinski definition) is 0. The van der Waals surface area contributed by atoms with Crippen LogP contribution in [-0.4, -0.2) is 21.2 Å². The van der Waals surface area contributed by atoms with Gasteiger partial charge in [0.2, 0.25) is 0 Å². The van der Waals surface area contributed by atoms with E-state index in [1.807, 2.05) is 13.8 Å². The second kappa shape index (κ2) is 15.2. The van der Waals surface area contributed by atoms with Gasteiger partial charge in [0.25, 0.3) is 0 Å². The average Bonchev–Trinajstić information content (AvgIpc) is 3.25. The van der Waals surface area contributed by atoms with E-state index in [1.54, 1.807) is 10.7 Å². The Morgan fingerprint density at radius 1 is 0.894 bits per heavy atom. The third-order valence-corrected chi connectivity index (χ3v) is 10.4. The molecular formula is C39H47Cl2N2O3Ru-. The zero-order chi connectivity index (χ0) is 34.7. The molecule has 1 heterocycles. The van der Waals surface area contributed by atoms with Crippen molar-refractivity contribution in [3.05, 3.63) is 118 Å². The van der Waals surface area contributed by atoms with E-state index in [-0.39, 0.29) is 22.7 Å². The molecule has 1 saturated heterocycles. The summed E-state index contributed by atoms with van der Waals surface area (Å²) in [5.74, 6) is 1.55. The standard InChI is InChI=1S/C29H36N.C10H11NO3.2ClH.Ru/c1-20(2)23-15-11-16-24(21(3)4)27(23)30-19-29(7,18-28(30,5)6)26-17-10-13-22-12-8-9-14-25(22)26;1-7(2)14-10-5-4-9(11(12)13)6-8(10)3;;;/h8-17,19-21H,18H2,1-7H3;3-7H,1-2H3;2*1H;/q-1;;;;+2/p-2/t29-;;;;/m1..../s1. The number of para-hydroxylation sites is 1. The number of hydrogen-bond acceptors (Lipinski definition) is 4. The van der Waals surface area contributed by atoms with Crippen LogP contribution >= 0.6 is 19.4 Å². The van der Waals surface area contributed by atoms with Crippen molar-refractivity contribution in [2.24, 2.45) is 0 Å². The molecule has 5 rings (SSSR count). The third kappa shape index (κ3) is 8.63. The van der Waals surface area contributed by atoms with E-state index in [0.29, 0.717) is 23.1 Å². The summed E-state index contributed by atoms with van der Waals surface area (Å²) in [6, 6.07) is 26.8. The number of halogens is 2. The number of ether oxygens (including phenoxy) is 1. The fraction of sp³-hybridized carbons (Fsp3) is 0.385. The first-order valence-corrected chi connectivity index (χ1v) is 21.6. The van der Waals surface area contributed by atoms with Gasteiger partial charge in [0.1, 0.15) is 0 Å². The second-order valence-corrected chi connectivity index (χ2v) is 19.7. The monoisotopic (exact) mass is 763 g/mol. The Kier molecular flexibility index (Phi) is 12.0. The van der Waals surface area contributed by atoms with Crippen LogP contribution in [0.2, 0.25) is 0 Å². The Balaban J connectivity index is 0.000000251. The first kappa shape index (κ1) is 37.0. The zero-order valence-corrected chi connectivity index (χ0v) is 32.1. The van der Waals surface area contributed by atoms with E-state index < -0.39 is 18.4 Å². The summed E-state index contributed by atoms with van der Waals surface area (Å²) in [7, 11) is 11.6. The van der Waals surface area contributed by atoms with Crippen molar-refractivity contribution in [2.75, 3.05) is 4.90 Å². The van der Waals surface area contributed by atoms with Gasteiger partial charge in [-0.2, -0.15) is 0 Å². The van der Waals surface area contributed by atoms with Gasteiger partial charge < -0.3 is 4.90 Å². The fourth-order valence-electron chi connectivity index (χ4n) is 6.71. The van der Waals surface area contributed by atoms with Gasteiger partial charge in [-0.3, -0.25) is 0 Å². The van der Waals surface area contributed by atoms with Crippen molar-refractivity contribution >= 4 is 46.1 Å². The van der Waals surface area contributed by atoms with Crippen LogP contribution in [0.5, 0.6) is 5.75 Å². The van der Waals surface area contributed by atoms with E-state index in [2.05, 4.69) is 121 Å². The number of fused-ring (bicyclic) bond motifs is 1. The Hall–Kier alpha value is -2.79. The molecule has 47 heavy (non-hydrogen) atoms. The largest absolute Gasteiger partial charge is 0.517 e. The average molecular weight is 764 g/mol. The zero-order valence-electron chi connectivity index (χ0n) is 28.8. The van der Waals surface area contributed by atoms with E-state index in [9.17, 15) is 10.1 Å². The summed E-state index contributed by atoms with van der Waals surface area (Å²) in [6.07, 6.45) is 1.08. The Bertz CT molecular complexity index is 1730. The fourth-order valence-corrected chi connectivity index (χ4v) is 8.49. The third-order valence-electron chi connectivity index (χ3n) is 8.61. The maximum absolute atomic E-state index is 10.7. The molecule has 0 amide bonds. The van der Waals surface area contributed by atoms with Crippen LogP contribution in [-0.2, 0) is 18.9 Å². The SMILES string of the molecule is CC(C)Oc1ccc([N+](=O)[O-])cc1[CH]=[Ru]([Cl])[Cl].CC(C)c1cccc(C(C)C)c1N1[CH-][C@](C)(c2cccc3ccccc23)CC1(C)C. The smallest absolute Gasteiger partial charge is 0.0145 e. The van der Waals surface area contributed by atoms with Crippen molar-refractivity contribution in [3.8, 4) is 5.75 Å². The molecule has 0 spiro atoms. The maximum Gasteiger partial charge on any atom is 0.0145 e. The molecular weight excluding hydrogens is 716 g/mol. The molecule has 0 radical (unpaired) electrons. The number of nitro benzene ring substituents is 1. The summed E-state index contributed by atoms with van der Waals surface area (Å²) in [4.78, 5) is 12.8. The summed E-state index contributed by atoms with van der Waals surface area (Å²) in [5, 5.41) is 13.4. The quantitative estimate of drug-likeness (QED) is 0.0776. The van der Waals surface area contributed by atoms with Crippen molar-refractivity contribution in [1.29, 1.82) is 0 Å². The molecule has 8 heteroatoms. The van der Waals surface area contributed by atoms with E-state index >= 15 is 0 Å². The minimum atomic E-state index is -2.05. The van der Waals surface area contributed by atoms with Crippen molar-refractivity contribution in [1.82, 2.24) is 0 Å². The topological polar surface area (TPSA) is 55.6 Å². The summed E-state index contributed by atoms with van der Waals surface area (Å²) in [5.41, 5.74) is 6.37. The van der Waals surface area contributed by atoms with E-state index in [4.69, 9.17) is 24.1 Å². The van der Waals surface area contributed by atoms with Gasteiger partial charge in [-0.25, -0.2) is 6.54 Å². The number of benzene rings is 4. The predicted octanol–water partition coefficient (Wildman–Crippen LogP) is 11.7. The molecule has 1 atom stereocenters. The van der Waals surface area contributed by atoms with Gasteiger partial charge in [-0.1, -0.05) is 101 Å². The summed E-state index contributed by atoms with van der Waals surface area (Å²) >= 11 is -2.05. The van der Waals surface area contributed by atoms with Gasteiger partial charge in [0.05, 0.1) is 0 Å². The Labute approximate surface area is 293 Å². The maximum atomic E-state index is 10.7. The number of non-ortho nitro benzene ring substituents is 1. The minimum absolute atomic E-state index is 0.00360. The molecule has 1 aliphatic rings. The number of anilines is 1. The van der Waals surface area contributed by atoms with E-state index in [0.717, 1.165) is 6.42 Å². The van der Waals surface area contributed by atoms with Crippen LogP contribution in [0.4, 0.5) is 11.4 Å². The summed E-state index contributed by atoms with van der Waals surface area (Å²) in [6.45, 7) is 22.8. The van der Waals surface area contributed by atoms with Gasteiger partial charge in [0.15, 0.2) is 0 Å². The molecule has 5 nitrogen and oxygen atoms in total. The molecule has 4 aromatic rings. The number of rotatable bonds is 8. The molecule has 4 aromatic carbocycles. The number of nitro groups is 1. The van der Waals surface area contributed by atoms with Crippen LogP contribution in [0.15, 0.2) is 78.9 Å². The van der Waals surface area contributed by atoms with Crippen molar-refractivity contribution < 1.29 is 23.2 Å². The second-order valence-electron chi connectivity index (χ2n) is 14.0. The van der Waals surface area contributed by atoms with Crippen LogP contribution in [0.25, 0.3) is 10.8 Å². The molecule has 0 aromatic heterocycles. The van der Waals surface area contributed by atoms with Gasteiger partial charge in [-0.05, 0) is 54.0 Å². The van der Waals surface area contributed by atoms with Crippen LogP contribution < -0.4 is 9.64 Å². The first-order valence-electron chi connectivity index (χ1n) is 16.1. The van der Waals surface area contributed by atoms with Crippen molar-refractivity contribution in [2.45, 2.75) is 97.6 Å². The van der Waals surface area contributed by atoms with E-state index in [1.165, 1.54) is 45.3 Å². The molecule has 0 saturated carbocycles. The normalized spacial score (nSPS) is 17.6. The van der Waals surface area contributed by atoms with Crippen LogP contribution in [0.1, 0.15) is 103 Å². The number of nitrogens with zero attached hydrogens (tertiary/aromatic N) is 2. The van der Waals surface area contributed by atoms with Crippen molar-refractivity contribution in [3.63, 3.8) is 0 Å². The molecule has 0 aliphatic carbocycles. The molecule has 0 unspecified atom stereocenters. The van der Waals surface area contributed by atoms with Gasteiger partial charge >= 0.3 is 112 Å². The molecule has 1 aliphatic heterocycles. The molecule has 1 fully saturated rings. The molecule has 0 bridgehead atoms. The van der Waals surface area contributed by atoms with Crippen LogP contribution in [0, 0.1) is 16.7 Å². The van der Waals surface area contributed by atoms with Crippen LogP contribution in [0.3, 0.4) is 0 Å². The first-order chi connectivity index (χ1) is 22.0. The molecule has 254 valence electrons. The van der Waals surface area contributed by atoms with Gasteiger partial charge in [0, 0.05) is 11.2 Å². The van der Waals surface area contributed by atoms with Gasteiger partial charge in [-0.15, -0.1) is 5.41 Å². The minimum Gasteiger partial charge on any atom is -0.517 e. The summed E-state index contributed by atoms with van der Waals surface area (Å²) < 4.78 is 7.17.